The van der Waals surface area contributed by atoms with E-state index in [1.54, 1.807) is 15.7 Å². The molecule has 2 aromatic heterocycles. The zero-order valence-corrected chi connectivity index (χ0v) is 17.7. The first-order valence-electron chi connectivity index (χ1n) is 10.1. The highest BCUT2D eigenvalue weighted by Crippen LogP contribution is 2.23. The quantitative estimate of drug-likeness (QED) is 0.682. The van der Waals surface area contributed by atoms with Crippen molar-refractivity contribution in [3.8, 4) is 0 Å². The highest BCUT2D eigenvalue weighted by atomic mass is 16.6. The van der Waals surface area contributed by atoms with Crippen molar-refractivity contribution < 1.29 is 14.3 Å². The van der Waals surface area contributed by atoms with Gasteiger partial charge in [-0.1, -0.05) is 0 Å². The SMILES string of the molecule is CN(CCCC(=O)OC(C)(C)C)C(=O)C1CCN(c2ccc3nncn3n2)CC1. The maximum absolute atomic E-state index is 12.7. The van der Waals surface area contributed by atoms with E-state index < -0.39 is 5.60 Å². The van der Waals surface area contributed by atoms with E-state index in [0.717, 1.165) is 31.7 Å². The summed E-state index contributed by atoms with van der Waals surface area (Å²) in [6, 6.07) is 3.83. The maximum atomic E-state index is 12.7. The summed E-state index contributed by atoms with van der Waals surface area (Å²) in [6.07, 6.45) is 4.10. The molecule has 3 rings (SSSR count). The van der Waals surface area contributed by atoms with E-state index in [9.17, 15) is 9.59 Å². The molecule has 9 heteroatoms. The van der Waals surface area contributed by atoms with Crippen LogP contribution in [0.1, 0.15) is 46.5 Å². The fourth-order valence-electron chi connectivity index (χ4n) is 3.52. The van der Waals surface area contributed by atoms with Crippen molar-refractivity contribution in [3.63, 3.8) is 0 Å². The molecule has 1 fully saturated rings. The fraction of sp³-hybridized carbons (Fsp3) is 0.650. The number of rotatable bonds is 6. The van der Waals surface area contributed by atoms with Crippen LogP contribution in [0.15, 0.2) is 18.5 Å². The van der Waals surface area contributed by atoms with Crippen LogP contribution in [0.3, 0.4) is 0 Å². The molecule has 0 saturated carbocycles. The van der Waals surface area contributed by atoms with Gasteiger partial charge in [-0.25, -0.2) is 0 Å². The molecule has 0 spiro atoms. The first-order chi connectivity index (χ1) is 13.7. The van der Waals surface area contributed by atoms with Gasteiger partial charge < -0.3 is 14.5 Å². The number of esters is 1. The normalized spacial score (nSPS) is 15.5. The second-order valence-electron chi connectivity index (χ2n) is 8.54. The van der Waals surface area contributed by atoms with Crippen LogP contribution in [-0.4, -0.2) is 68.9 Å². The van der Waals surface area contributed by atoms with E-state index >= 15 is 0 Å². The summed E-state index contributed by atoms with van der Waals surface area (Å²) in [7, 11) is 1.81. The van der Waals surface area contributed by atoms with Crippen LogP contribution in [0.5, 0.6) is 0 Å². The number of aromatic nitrogens is 4. The Balaban J connectivity index is 1.43. The Bertz CT molecular complexity index is 851. The number of ether oxygens (including phenoxy) is 1. The molecule has 0 aliphatic carbocycles. The molecule has 1 saturated heterocycles. The van der Waals surface area contributed by atoms with Gasteiger partial charge in [-0.3, -0.25) is 9.59 Å². The molecule has 0 aromatic carbocycles. The third-order valence-corrected chi connectivity index (χ3v) is 4.99. The lowest BCUT2D eigenvalue weighted by Crippen LogP contribution is -2.42. The number of nitrogens with zero attached hydrogens (tertiary/aromatic N) is 6. The lowest BCUT2D eigenvalue weighted by atomic mass is 9.95. The zero-order chi connectivity index (χ0) is 21.0. The summed E-state index contributed by atoms with van der Waals surface area (Å²) in [5.74, 6) is 0.811. The monoisotopic (exact) mass is 402 g/mol. The van der Waals surface area contributed by atoms with E-state index in [0.29, 0.717) is 25.0 Å². The van der Waals surface area contributed by atoms with Gasteiger partial charge in [-0.2, -0.15) is 4.52 Å². The Morgan fingerprint density at radius 3 is 2.66 bits per heavy atom. The standard InChI is InChI=1S/C20H30N6O3/c1-20(2,3)29-18(27)6-5-11-24(4)19(28)15-9-12-25(13-10-15)17-8-7-16-22-21-14-26(16)23-17/h7-8,14-15H,5-6,9-13H2,1-4H3. The highest BCUT2D eigenvalue weighted by Gasteiger charge is 2.28. The topological polar surface area (TPSA) is 92.9 Å². The van der Waals surface area contributed by atoms with Crippen LogP contribution in [0.2, 0.25) is 0 Å². The summed E-state index contributed by atoms with van der Waals surface area (Å²) in [5.41, 5.74) is 0.243. The largest absolute Gasteiger partial charge is 0.460 e. The number of anilines is 1. The van der Waals surface area contributed by atoms with Crippen LogP contribution < -0.4 is 4.90 Å². The smallest absolute Gasteiger partial charge is 0.306 e. The first-order valence-corrected chi connectivity index (χ1v) is 10.1. The zero-order valence-electron chi connectivity index (χ0n) is 17.7. The van der Waals surface area contributed by atoms with Crippen molar-refractivity contribution in [2.75, 3.05) is 31.6 Å². The van der Waals surface area contributed by atoms with E-state index in [2.05, 4.69) is 20.2 Å². The van der Waals surface area contributed by atoms with Gasteiger partial charge in [0.1, 0.15) is 17.7 Å². The molecular weight excluding hydrogens is 372 g/mol. The molecule has 1 aliphatic heterocycles. The van der Waals surface area contributed by atoms with Gasteiger partial charge in [0.25, 0.3) is 0 Å². The Kier molecular flexibility index (Phi) is 6.34. The van der Waals surface area contributed by atoms with Crippen LogP contribution in [0.25, 0.3) is 5.65 Å². The molecule has 0 unspecified atom stereocenters. The average molecular weight is 402 g/mol. The predicted molar refractivity (Wildman–Crippen MR) is 108 cm³/mol. The van der Waals surface area contributed by atoms with Crippen molar-refractivity contribution in [3.05, 3.63) is 18.5 Å². The second-order valence-corrected chi connectivity index (χ2v) is 8.54. The summed E-state index contributed by atoms with van der Waals surface area (Å²) in [4.78, 5) is 28.5. The minimum absolute atomic E-state index is 0.0106. The number of carbonyl (C=O) groups is 2. The molecule has 0 N–H and O–H groups in total. The first kappa shape index (κ1) is 21.0. The van der Waals surface area contributed by atoms with Gasteiger partial charge >= 0.3 is 5.97 Å². The molecule has 9 nitrogen and oxygen atoms in total. The van der Waals surface area contributed by atoms with Gasteiger partial charge in [0.2, 0.25) is 5.91 Å². The number of carbonyl (C=O) groups excluding carboxylic acids is 2. The van der Waals surface area contributed by atoms with Crippen LogP contribution in [0, 0.1) is 5.92 Å². The van der Waals surface area contributed by atoms with Gasteiger partial charge in [0, 0.05) is 39.0 Å². The van der Waals surface area contributed by atoms with Crippen molar-refractivity contribution in [1.82, 2.24) is 24.7 Å². The van der Waals surface area contributed by atoms with Crippen molar-refractivity contribution in [2.45, 2.75) is 52.1 Å². The number of hydrogen-bond donors (Lipinski definition) is 0. The van der Waals surface area contributed by atoms with E-state index in [4.69, 9.17) is 4.74 Å². The van der Waals surface area contributed by atoms with Gasteiger partial charge in [-0.05, 0) is 52.2 Å². The van der Waals surface area contributed by atoms with Crippen molar-refractivity contribution in [2.24, 2.45) is 5.92 Å². The Hall–Kier alpha value is -2.71. The molecule has 0 atom stereocenters. The summed E-state index contributed by atoms with van der Waals surface area (Å²) >= 11 is 0. The lowest BCUT2D eigenvalue weighted by molar-refractivity contribution is -0.155. The van der Waals surface area contributed by atoms with E-state index in [1.807, 2.05) is 40.0 Å². The minimum Gasteiger partial charge on any atom is -0.460 e. The Labute approximate surface area is 171 Å². The third kappa shape index (κ3) is 5.65. The van der Waals surface area contributed by atoms with Crippen molar-refractivity contribution >= 4 is 23.3 Å². The number of piperidine rings is 1. The van der Waals surface area contributed by atoms with Crippen LogP contribution in [0.4, 0.5) is 5.82 Å². The Morgan fingerprint density at radius 1 is 1.24 bits per heavy atom. The lowest BCUT2D eigenvalue weighted by Gasteiger charge is -2.33. The average Bonchev–Trinajstić information content (AvgIpc) is 3.14. The van der Waals surface area contributed by atoms with E-state index in [-0.39, 0.29) is 17.8 Å². The Morgan fingerprint density at radius 2 is 1.97 bits per heavy atom. The second kappa shape index (κ2) is 8.75. The number of fused-ring (bicyclic) bond motifs is 1. The highest BCUT2D eigenvalue weighted by molar-refractivity contribution is 5.79. The maximum Gasteiger partial charge on any atom is 0.306 e. The van der Waals surface area contributed by atoms with Gasteiger partial charge in [-0.15, -0.1) is 15.3 Å². The molecule has 2 aromatic rings. The minimum atomic E-state index is -0.472. The molecule has 3 heterocycles. The van der Waals surface area contributed by atoms with Crippen molar-refractivity contribution in [1.29, 1.82) is 0 Å². The van der Waals surface area contributed by atoms with E-state index in [1.165, 1.54) is 0 Å². The predicted octanol–water partition coefficient (Wildman–Crippen LogP) is 1.92. The molecule has 29 heavy (non-hydrogen) atoms. The molecule has 0 radical (unpaired) electrons. The molecule has 158 valence electrons. The fourth-order valence-corrected chi connectivity index (χ4v) is 3.52. The molecular formula is C20H30N6O3. The molecule has 1 aliphatic rings. The molecule has 1 amide bonds. The summed E-state index contributed by atoms with van der Waals surface area (Å²) in [6.45, 7) is 7.68. The van der Waals surface area contributed by atoms with Gasteiger partial charge in [0.05, 0.1) is 0 Å². The number of amides is 1. The van der Waals surface area contributed by atoms with Gasteiger partial charge in [0.15, 0.2) is 5.65 Å². The van der Waals surface area contributed by atoms with Crippen LogP contribution >= 0.6 is 0 Å². The molecule has 0 bridgehead atoms. The number of hydrogen-bond acceptors (Lipinski definition) is 7. The summed E-state index contributed by atoms with van der Waals surface area (Å²) < 4.78 is 6.97. The van der Waals surface area contributed by atoms with Crippen LogP contribution in [-0.2, 0) is 14.3 Å². The summed E-state index contributed by atoms with van der Waals surface area (Å²) in [5, 5.41) is 12.3. The third-order valence-electron chi connectivity index (χ3n) is 4.99.